The molecule has 660 valence electrons. The molecule has 0 aromatic heterocycles. The summed E-state index contributed by atoms with van der Waals surface area (Å²) >= 11 is 1.67. The van der Waals surface area contributed by atoms with Crippen LogP contribution in [-0.4, -0.2) is 143 Å². The van der Waals surface area contributed by atoms with Gasteiger partial charge in [-0.25, -0.2) is 9.59 Å². The third kappa shape index (κ3) is 29.8. The van der Waals surface area contributed by atoms with Crippen molar-refractivity contribution >= 4 is 104 Å². The quantitative estimate of drug-likeness (QED) is 0.00714. The minimum absolute atomic E-state index is 0. The van der Waals surface area contributed by atoms with E-state index in [1.165, 1.54) is 31.8 Å². The molecule has 0 saturated carbocycles. The van der Waals surface area contributed by atoms with Crippen LogP contribution in [-0.2, 0) is 67.9 Å². The summed E-state index contributed by atoms with van der Waals surface area (Å²) in [4.78, 5) is 49.1. The summed E-state index contributed by atoms with van der Waals surface area (Å²) in [7, 11) is -1.34. The van der Waals surface area contributed by atoms with Crippen molar-refractivity contribution in [3.63, 3.8) is 0 Å². The van der Waals surface area contributed by atoms with Crippen molar-refractivity contribution < 1.29 is 76.0 Å². The molecule has 4 heterocycles. The Kier molecular flexibility index (Phi) is 39.1. The molecule has 0 bridgehead atoms. The second kappa shape index (κ2) is 50.1. The van der Waals surface area contributed by atoms with E-state index in [2.05, 4.69) is 281 Å². The Balaban J connectivity index is 0.000000254. The predicted molar refractivity (Wildman–Crippen MR) is 512 cm³/mol. The molecule has 4 fully saturated rings. The van der Waals surface area contributed by atoms with Crippen LogP contribution in [0.2, 0.25) is 0 Å². The third-order valence-electron chi connectivity index (χ3n) is 23.0. The second-order valence-corrected chi connectivity index (χ2v) is 39.0. The van der Waals surface area contributed by atoms with Crippen LogP contribution in [0.5, 0.6) is 23.0 Å². The zero-order valence-electron chi connectivity index (χ0n) is 74.1. The van der Waals surface area contributed by atoms with Crippen molar-refractivity contribution in [1.29, 1.82) is 4.35 Å². The van der Waals surface area contributed by atoms with Crippen molar-refractivity contribution in [1.82, 2.24) is 0 Å². The molecule has 10 aromatic carbocycles. The molecule has 4 radical (unpaired) electrons. The van der Waals surface area contributed by atoms with E-state index in [-0.39, 0.29) is 102 Å². The number of hydrogen-bond acceptors (Lipinski definition) is 17. The number of allylic oxidation sites excluding steroid dienone is 1. The molecule has 0 amide bonds. The fraction of sp³-hybridized carbons (Fsp3) is 0.333. The van der Waals surface area contributed by atoms with Gasteiger partial charge in [0.2, 0.25) is 25.2 Å². The summed E-state index contributed by atoms with van der Waals surface area (Å²) in [6, 6.07) is 96.4. The number of nitrogens with one attached hydrogen (secondary N) is 1. The Morgan fingerprint density at radius 3 is 0.795 bits per heavy atom. The van der Waals surface area contributed by atoms with E-state index < -0.39 is 52.9 Å². The normalized spacial score (nSPS) is 18.3. The minimum atomic E-state index is -0.537. The zero-order valence-corrected chi connectivity index (χ0v) is 77.9. The van der Waals surface area contributed by atoms with E-state index in [9.17, 15) is 19.2 Å². The Labute approximate surface area is 764 Å². The SMILES string of the molecule is C=CC(=O)OCC1OC1Oc1ccc(C(C)(C)c2ccc(OC3OC3COC(=O)C=C)cc2)cc1.C=CCP(c1ccccc1)c1ccccc1.CCC(CC(CC)C(=O)OCC1OC1Oc1ccc(C(C)(C)c2ccc(OC3OC3COC(=O)C(CC)CC(CC)CP(c3ccccc3)c3ccccc3)cc2)cc1)CP(c1ccccc1)c1ccccc1.[B].[NH]=[Al]. The maximum atomic E-state index is 13.4. The summed E-state index contributed by atoms with van der Waals surface area (Å²) in [5, 5.41) is 8.31. The summed E-state index contributed by atoms with van der Waals surface area (Å²) in [6.45, 7) is 28.5. The van der Waals surface area contributed by atoms with Gasteiger partial charge in [-0.05, 0) is 182 Å². The number of hydrogen-bond donors (Lipinski definition) is 1. The fourth-order valence-electron chi connectivity index (χ4n) is 14.9. The molecule has 4 aliphatic rings. The van der Waals surface area contributed by atoms with Gasteiger partial charge in [-0.2, -0.15) is 0 Å². The van der Waals surface area contributed by atoms with Crippen LogP contribution in [0.15, 0.2) is 317 Å². The van der Waals surface area contributed by atoms with E-state index in [4.69, 9.17) is 61.2 Å². The van der Waals surface area contributed by atoms with Gasteiger partial charge in [0.25, 0.3) is 0 Å². The Hall–Kier alpha value is -9.97. The van der Waals surface area contributed by atoms with E-state index in [0.717, 1.165) is 91.4 Å². The fourth-order valence-corrected chi connectivity index (χ4v) is 22.3. The first-order valence-corrected chi connectivity index (χ1v) is 48.6. The van der Waals surface area contributed by atoms with Crippen LogP contribution in [0.25, 0.3) is 0 Å². The van der Waals surface area contributed by atoms with Gasteiger partial charge in [0.15, 0.2) is 24.4 Å². The standard InChI is InChI=1S/C63H74O8P2.C27H28O8.C15H15P.Al.B.HN/c1-7-45(43-72(53-23-15-11-16-24-53)54-25-17-12-18-26-54)39-47(9-3)59(64)66-41-57-61(70-57)68-51-35-31-49(32-36-51)63(5,6)50-33-37-52(38-34-50)69-62-58(71-62)42-67-60(65)48(10-4)40-46(8-2)44-73(55-27-19-13-20-28-55)56-29-21-14-22-30-56;1-5-23(28)30-15-21-25(34-21)32-19-11-7-17(8-12-19)27(3,4)18-9-13-20(14-10-18)33-26-22(35-26)16-31-24(29)6-2;1-2-13-16(14-9-5-3-6-10-14)15-11-7-4-8-12-15;;;/h11-38,45-48,57-58,61-62H,7-10,39-44H2,1-6H3;5-14,21-22,25-26H,1-2,15-16H2,3-4H3;2-12H,1,13H2;;;1H. The molecule has 0 spiro atoms. The van der Waals surface area contributed by atoms with Crippen molar-refractivity contribution in [2.24, 2.45) is 23.7 Å². The van der Waals surface area contributed by atoms with Gasteiger partial charge in [0.05, 0.1) is 11.8 Å². The van der Waals surface area contributed by atoms with Crippen LogP contribution in [0, 0.1) is 28.0 Å². The topological polar surface area (TPSA) is 216 Å². The average Bonchev–Trinajstić information content (AvgIpc) is 1.15. The van der Waals surface area contributed by atoms with E-state index in [1.54, 1.807) is 16.1 Å². The van der Waals surface area contributed by atoms with Gasteiger partial charge in [0, 0.05) is 31.4 Å². The van der Waals surface area contributed by atoms with E-state index >= 15 is 0 Å². The molecule has 17 nitrogen and oxygen atoms in total. The third-order valence-corrected chi connectivity index (χ3v) is 30.9. The number of rotatable bonds is 44. The summed E-state index contributed by atoms with van der Waals surface area (Å²) in [6.07, 6.45) is 9.57. The Bertz CT molecular complexity index is 4630. The summed E-state index contributed by atoms with van der Waals surface area (Å²) in [5.41, 5.74) is 3.92. The molecule has 4 aliphatic heterocycles. The van der Waals surface area contributed by atoms with Gasteiger partial charge in [-0.3, -0.25) is 9.59 Å². The van der Waals surface area contributed by atoms with Crippen LogP contribution in [0.4, 0.5) is 0 Å². The van der Waals surface area contributed by atoms with Crippen LogP contribution >= 0.6 is 23.8 Å². The number of carbonyl (C=O) groups is 4. The van der Waals surface area contributed by atoms with Crippen LogP contribution < -0.4 is 50.8 Å². The molecule has 12 atom stereocenters. The zero-order chi connectivity index (χ0) is 89.4. The Morgan fingerprint density at radius 1 is 0.354 bits per heavy atom. The van der Waals surface area contributed by atoms with Crippen LogP contribution in [0.3, 0.4) is 0 Å². The first-order valence-electron chi connectivity index (χ1n) is 43.4. The van der Waals surface area contributed by atoms with E-state index in [0.29, 0.717) is 34.8 Å². The molecular formula is C105H118AlBNO16P3. The number of benzene rings is 10. The maximum absolute atomic E-state index is 13.4. The van der Waals surface area contributed by atoms with Gasteiger partial charge in [0.1, 0.15) is 49.4 Å². The van der Waals surface area contributed by atoms with Gasteiger partial charge in [-0.1, -0.05) is 318 Å². The number of carbonyl (C=O) groups excluding carboxylic acids is 4. The summed E-state index contributed by atoms with van der Waals surface area (Å²) in [5.74, 6) is 1.94. The number of ether oxygens (including phenoxy) is 12. The van der Waals surface area contributed by atoms with Crippen molar-refractivity contribution in [3.8, 4) is 23.0 Å². The number of epoxide rings is 4. The molecule has 22 heteroatoms. The Morgan fingerprint density at radius 2 is 0.583 bits per heavy atom. The predicted octanol–water partition coefficient (Wildman–Crippen LogP) is 19.0. The molecule has 1 N–H and O–H groups in total. The molecule has 4 saturated heterocycles. The molecule has 127 heavy (non-hydrogen) atoms. The summed E-state index contributed by atoms with van der Waals surface area (Å²) < 4.78 is 73.5. The first-order chi connectivity index (χ1) is 61.3. The van der Waals surface area contributed by atoms with Crippen molar-refractivity contribution in [3.05, 3.63) is 339 Å². The van der Waals surface area contributed by atoms with Crippen molar-refractivity contribution in [2.45, 2.75) is 154 Å². The molecule has 14 rings (SSSR count). The van der Waals surface area contributed by atoms with Gasteiger partial charge in [-0.15, -0.1) is 6.58 Å². The number of esters is 4. The second-order valence-electron chi connectivity index (χ2n) is 32.3. The van der Waals surface area contributed by atoms with Crippen molar-refractivity contribution in [2.75, 3.05) is 44.9 Å². The monoisotopic (exact) mass is 1780 g/mol. The molecular weight excluding hydrogens is 1660 g/mol. The molecule has 12 unspecified atom stereocenters. The first kappa shape index (κ1) is 99.2. The average molecular weight is 1780 g/mol. The van der Waals surface area contributed by atoms with Gasteiger partial charge < -0.3 is 56.8 Å². The molecule has 10 aromatic rings. The van der Waals surface area contributed by atoms with Gasteiger partial charge >= 0.3 is 44.3 Å². The molecule has 0 aliphatic carbocycles. The van der Waals surface area contributed by atoms with Crippen LogP contribution in [0.1, 0.15) is 116 Å². The van der Waals surface area contributed by atoms with E-state index in [1.807, 2.05) is 78.9 Å².